The first-order valence-electron chi connectivity index (χ1n) is 6.59. The van der Waals surface area contributed by atoms with Gasteiger partial charge in [0, 0.05) is 17.8 Å². The van der Waals surface area contributed by atoms with Gasteiger partial charge >= 0.3 is 5.97 Å². The molecular weight excluding hydrogens is 302 g/mol. The summed E-state index contributed by atoms with van der Waals surface area (Å²) >= 11 is 0. The molecule has 0 saturated heterocycles. The zero-order chi connectivity index (χ0) is 16.4. The summed E-state index contributed by atoms with van der Waals surface area (Å²) < 4.78 is 1.53. The number of benzene rings is 2. The van der Waals surface area contributed by atoms with Gasteiger partial charge in [-0.2, -0.15) is 0 Å². The van der Waals surface area contributed by atoms with E-state index in [2.05, 4.69) is 15.6 Å². The normalized spacial score (nSPS) is 10.6. The third-order valence-electron chi connectivity index (χ3n) is 3.25. The summed E-state index contributed by atoms with van der Waals surface area (Å²) in [6.07, 6.45) is 0. The monoisotopic (exact) mass is 313 g/mol. The third kappa shape index (κ3) is 2.93. The molecule has 3 aromatic rings. The van der Waals surface area contributed by atoms with Crippen LogP contribution in [0.2, 0.25) is 0 Å². The van der Waals surface area contributed by atoms with Gasteiger partial charge in [-0.15, -0.1) is 5.10 Å². The fourth-order valence-corrected chi connectivity index (χ4v) is 2.12. The smallest absolute Gasteiger partial charge is 0.335 e. The zero-order valence-corrected chi connectivity index (χ0v) is 11.7. The molecule has 116 valence electrons. The fraction of sp³-hybridized carbons (Fsp3) is 0.0714. The maximum absolute atomic E-state index is 10.9. The third-order valence-corrected chi connectivity index (χ3v) is 3.25. The molecule has 1 aromatic heterocycles. The summed E-state index contributed by atoms with van der Waals surface area (Å²) in [7, 11) is 0. The van der Waals surface area contributed by atoms with Crippen LogP contribution in [0, 0.1) is 10.1 Å². The first kappa shape index (κ1) is 14.4. The van der Waals surface area contributed by atoms with Gasteiger partial charge in [0.15, 0.2) is 0 Å². The van der Waals surface area contributed by atoms with Crippen molar-refractivity contribution in [2.75, 3.05) is 5.32 Å². The average Bonchev–Trinajstić information content (AvgIpc) is 2.95. The Kier molecular flexibility index (Phi) is 3.59. The van der Waals surface area contributed by atoms with Crippen LogP contribution in [0.3, 0.4) is 0 Å². The van der Waals surface area contributed by atoms with E-state index >= 15 is 0 Å². The molecule has 2 N–H and O–H groups in total. The number of nitrogens with one attached hydrogen (secondary N) is 1. The molecule has 2 aromatic carbocycles. The van der Waals surface area contributed by atoms with Gasteiger partial charge in [-0.05, 0) is 24.3 Å². The molecule has 0 aliphatic heterocycles. The van der Waals surface area contributed by atoms with Gasteiger partial charge in [-0.1, -0.05) is 11.3 Å². The summed E-state index contributed by atoms with van der Waals surface area (Å²) in [5, 5.41) is 30.6. The largest absolute Gasteiger partial charge is 0.478 e. The van der Waals surface area contributed by atoms with Gasteiger partial charge < -0.3 is 10.4 Å². The summed E-state index contributed by atoms with van der Waals surface area (Å²) in [6.45, 7) is 0.247. The molecular formula is C14H11N5O4. The van der Waals surface area contributed by atoms with Crippen molar-refractivity contribution >= 4 is 28.4 Å². The van der Waals surface area contributed by atoms with E-state index in [4.69, 9.17) is 5.11 Å². The van der Waals surface area contributed by atoms with E-state index in [9.17, 15) is 14.9 Å². The maximum Gasteiger partial charge on any atom is 0.335 e. The molecule has 0 saturated carbocycles. The molecule has 23 heavy (non-hydrogen) atoms. The number of carbonyl (C=O) groups is 1. The van der Waals surface area contributed by atoms with Gasteiger partial charge in [0.05, 0.1) is 16.0 Å². The Morgan fingerprint density at radius 1 is 1.30 bits per heavy atom. The lowest BCUT2D eigenvalue weighted by Crippen LogP contribution is -2.10. The van der Waals surface area contributed by atoms with Crippen LogP contribution < -0.4 is 5.32 Å². The predicted octanol–water partition coefficient (Wildman–Crippen LogP) is 2.11. The fourth-order valence-electron chi connectivity index (χ4n) is 2.12. The lowest BCUT2D eigenvalue weighted by atomic mass is 10.2. The molecule has 0 spiro atoms. The highest BCUT2D eigenvalue weighted by atomic mass is 16.6. The van der Waals surface area contributed by atoms with Crippen LogP contribution in [-0.2, 0) is 6.67 Å². The van der Waals surface area contributed by atoms with Crippen molar-refractivity contribution in [3.63, 3.8) is 0 Å². The Labute approximate surface area is 129 Å². The number of anilines is 1. The van der Waals surface area contributed by atoms with E-state index in [0.29, 0.717) is 16.7 Å². The number of nitro groups is 1. The summed E-state index contributed by atoms with van der Waals surface area (Å²) in [5.41, 5.74) is 1.80. The average molecular weight is 313 g/mol. The number of carboxylic acid groups (broad SMARTS) is 1. The Balaban J connectivity index is 1.81. The standard InChI is InChI=1S/C14H11N5O4/c20-14(21)9-2-1-3-10(6-9)15-8-18-13-5-4-11(19(22)23)7-12(13)16-17-18/h1-7,15H,8H2,(H,20,21). The molecule has 0 unspecified atom stereocenters. The van der Waals surface area contributed by atoms with Gasteiger partial charge in [-0.25, -0.2) is 9.48 Å². The van der Waals surface area contributed by atoms with Crippen LogP contribution in [0.25, 0.3) is 11.0 Å². The molecule has 0 atom stereocenters. The number of hydrogen-bond acceptors (Lipinski definition) is 6. The van der Waals surface area contributed by atoms with Crippen molar-refractivity contribution in [2.24, 2.45) is 0 Å². The van der Waals surface area contributed by atoms with E-state index in [-0.39, 0.29) is 17.9 Å². The molecule has 0 aliphatic rings. The van der Waals surface area contributed by atoms with Crippen molar-refractivity contribution in [3.05, 3.63) is 58.1 Å². The van der Waals surface area contributed by atoms with E-state index in [1.165, 1.54) is 28.9 Å². The summed E-state index contributed by atoms with van der Waals surface area (Å²) in [4.78, 5) is 21.2. The molecule has 3 rings (SSSR count). The molecule has 9 heteroatoms. The minimum atomic E-state index is -1.01. The number of non-ortho nitro benzene ring substituents is 1. The first-order valence-corrected chi connectivity index (χ1v) is 6.59. The number of nitrogens with zero attached hydrogens (tertiary/aromatic N) is 4. The summed E-state index contributed by atoms with van der Waals surface area (Å²) in [5.74, 6) is -1.01. The van der Waals surface area contributed by atoms with E-state index in [1.807, 2.05) is 0 Å². The quantitative estimate of drug-likeness (QED) is 0.546. The lowest BCUT2D eigenvalue weighted by molar-refractivity contribution is -0.384. The molecule has 0 aliphatic carbocycles. The van der Waals surface area contributed by atoms with Gasteiger partial charge in [0.25, 0.3) is 5.69 Å². The van der Waals surface area contributed by atoms with E-state index in [0.717, 1.165) is 0 Å². The van der Waals surface area contributed by atoms with Gasteiger partial charge in [0.2, 0.25) is 0 Å². The second kappa shape index (κ2) is 5.72. The van der Waals surface area contributed by atoms with Crippen LogP contribution in [0.4, 0.5) is 11.4 Å². The van der Waals surface area contributed by atoms with Crippen LogP contribution in [-0.4, -0.2) is 31.0 Å². The topological polar surface area (TPSA) is 123 Å². The SMILES string of the molecule is O=C(O)c1cccc(NCn2nnc3cc([N+](=O)[O-])ccc32)c1. The van der Waals surface area contributed by atoms with Crippen molar-refractivity contribution in [1.29, 1.82) is 0 Å². The minimum absolute atomic E-state index is 0.0494. The number of fused-ring (bicyclic) bond motifs is 1. The molecule has 1 heterocycles. The van der Waals surface area contributed by atoms with E-state index in [1.54, 1.807) is 18.2 Å². The number of hydrogen-bond donors (Lipinski definition) is 2. The number of rotatable bonds is 5. The highest BCUT2D eigenvalue weighted by Gasteiger charge is 2.11. The Morgan fingerprint density at radius 2 is 2.13 bits per heavy atom. The van der Waals surface area contributed by atoms with Crippen molar-refractivity contribution in [1.82, 2.24) is 15.0 Å². The number of carboxylic acids is 1. The zero-order valence-electron chi connectivity index (χ0n) is 11.7. The number of aromatic carboxylic acids is 1. The predicted molar refractivity (Wildman–Crippen MR) is 81.2 cm³/mol. The summed E-state index contributed by atoms with van der Waals surface area (Å²) in [6, 6.07) is 10.7. The molecule has 0 fully saturated rings. The van der Waals surface area contributed by atoms with Gasteiger partial charge in [0.1, 0.15) is 12.2 Å². The molecule has 9 nitrogen and oxygen atoms in total. The molecule has 0 bridgehead atoms. The molecule has 0 amide bonds. The first-order chi connectivity index (χ1) is 11.0. The number of aromatic nitrogens is 3. The van der Waals surface area contributed by atoms with Crippen LogP contribution in [0.15, 0.2) is 42.5 Å². The lowest BCUT2D eigenvalue weighted by Gasteiger charge is -2.07. The van der Waals surface area contributed by atoms with Crippen LogP contribution in [0.5, 0.6) is 0 Å². The van der Waals surface area contributed by atoms with Crippen molar-refractivity contribution in [2.45, 2.75) is 6.67 Å². The Bertz CT molecular complexity index is 905. The second-order valence-corrected chi connectivity index (χ2v) is 4.74. The van der Waals surface area contributed by atoms with Crippen LogP contribution in [0.1, 0.15) is 10.4 Å². The minimum Gasteiger partial charge on any atom is -0.478 e. The highest BCUT2D eigenvalue weighted by molar-refractivity contribution is 5.88. The van der Waals surface area contributed by atoms with Gasteiger partial charge in [-0.3, -0.25) is 10.1 Å². The van der Waals surface area contributed by atoms with Crippen molar-refractivity contribution in [3.8, 4) is 0 Å². The second-order valence-electron chi connectivity index (χ2n) is 4.74. The van der Waals surface area contributed by atoms with Crippen molar-refractivity contribution < 1.29 is 14.8 Å². The van der Waals surface area contributed by atoms with Crippen LogP contribution >= 0.6 is 0 Å². The highest BCUT2D eigenvalue weighted by Crippen LogP contribution is 2.19. The molecule has 0 radical (unpaired) electrons. The Morgan fingerprint density at radius 3 is 2.87 bits per heavy atom. The van der Waals surface area contributed by atoms with E-state index < -0.39 is 10.9 Å². The number of nitro benzene ring substituents is 1. The maximum atomic E-state index is 10.9. The Hall–Kier alpha value is -3.49.